The van der Waals surface area contributed by atoms with Gasteiger partial charge in [0.2, 0.25) is 12.2 Å². The Morgan fingerprint density at radius 3 is 2.55 bits per heavy atom. The fourth-order valence-electron chi connectivity index (χ4n) is 4.77. The molecule has 0 N–H and O–H groups in total. The third-order valence-corrected chi connectivity index (χ3v) is 5.72. The molecule has 0 radical (unpaired) electrons. The van der Waals surface area contributed by atoms with Crippen LogP contribution in [0.15, 0.2) is 9.98 Å². The van der Waals surface area contributed by atoms with Gasteiger partial charge in [-0.05, 0) is 61.7 Å². The van der Waals surface area contributed by atoms with E-state index in [2.05, 4.69) is 16.9 Å². The van der Waals surface area contributed by atoms with Crippen LogP contribution >= 0.6 is 0 Å². The number of nitrogens with zero attached hydrogens (tertiary/aromatic N) is 2. The molecule has 2 aliphatic carbocycles. The Balaban J connectivity index is 1.87. The summed E-state index contributed by atoms with van der Waals surface area (Å²) in [6.07, 6.45) is 11.7. The molecule has 0 saturated heterocycles. The molecule has 2 rings (SSSR count). The number of fused-ring (bicyclic) bond motifs is 2. The molecule has 110 valence electrons. The number of isocyanates is 2. The lowest BCUT2D eigenvalue weighted by molar-refractivity contribution is 0.134. The third-order valence-electron chi connectivity index (χ3n) is 5.72. The highest BCUT2D eigenvalue weighted by molar-refractivity contribution is 5.33. The average Bonchev–Trinajstić information content (AvgIpc) is 2.99. The standard InChI is InChI=1S/C16H24N2O2/c1-2-16-9-13(4-3-6-17-11-19)14(10-16)8-15(16)5-7-18-12-20/h13-15H,2-10H2,1H3. The minimum absolute atomic E-state index is 0.488. The van der Waals surface area contributed by atoms with Crippen LogP contribution in [-0.2, 0) is 9.59 Å². The van der Waals surface area contributed by atoms with E-state index in [-0.39, 0.29) is 0 Å². The van der Waals surface area contributed by atoms with E-state index in [1.807, 2.05) is 0 Å². The molecule has 0 aromatic carbocycles. The predicted octanol–water partition coefficient (Wildman–Crippen LogP) is 3.27. The zero-order valence-corrected chi connectivity index (χ0v) is 12.3. The predicted molar refractivity (Wildman–Crippen MR) is 76.9 cm³/mol. The van der Waals surface area contributed by atoms with Crippen molar-refractivity contribution in [3.8, 4) is 0 Å². The number of aliphatic imine (C=N–C) groups is 2. The monoisotopic (exact) mass is 276 g/mol. The molecule has 4 nitrogen and oxygen atoms in total. The lowest BCUT2D eigenvalue weighted by atomic mass is 9.68. The number of rotatable bonds is 8. The van der Waals surface area contributed by atoms with E-state index in [1.165, 1.54) is 32.1 Å². The molecule has 4 unspecified atom stereocenters. The summed E-state index contributed by atoms with van der Waals surface area (Å²) in [5.74, 6) is 2.38. The fourth-order valence-corrected chi connectivity index (χ4v) is 4.77. The molecule has 0 amide bonds. The molecule has 0 heterocycles. The maximum absolute atomic E-state index is 10.2. The van der Waals surface area contributed by atoms with Crippen LogP contribution in [0, 0.1) is 23.2 Å². The van der Waals surface area contributed by atoms with Gasteiger partial charge in [-0.1, -0.05) is 13.3 Å². The van der Waals surface area contributed by atoms with Gasteiger partial charge in [0.1, 0.15) is 0 Å². The van der Waals surface area contributed by atoms with E-state index in [1.54, 1.807) is 12.2 Å². The molecule has 2 fully saturated rings. The van der Waals surface area contributed by atoms with E-state index in [4.69, 9.17) is 0 Å². The van der Waals surface area contributed by atoms with Gasteiger partial charge in [0.05, 0.1) is 13.1 Å². The van der Waals surface area contributed by atoms with Gasteiger partial charge >= 0.3 is 0 Å². The molecule has 0 aliphatic heterocycles. The maximum atomic E-state index is 10.2. The topological polar surface area (TPSA) is 58.9 Å². The van der Waals surface area contributed by atoms with Crippen LogP contribution < -0.4 is 0 Å². The lowest BCUT2D eigenvalue weighted by Crippen LogP contribution is -2.28. The molecular weight excluding hydrogens is 252 g/mol. The van der Waals surface area contributed by atoms with Crippen molar-refractivity contribution >= 4 is 12.2 Å². The Hall–Kier alpha value is -1.24. The van der Waals surface area contributed by atoms with Crippen molar-refractivity contribution < 1.29 is 9.59 Å². The summed E-state index contributed by atoms with van der Waals surface area (Å²) in [5, 5.41) is 0. The number of hydrogen-bond acceptors (Lipinski definition) is 4. The first-order chi connectivity index (χ1) is 9.75. The van der Waals surface area contributed by atoms with Gasteiger partial charge < -0.3 is 0 Å². The summed E-state index contributed by atoms with van der Waals surface area (Å²) < 4.78 is 0. The zero-order chi connectivity index (χ0) is 14.4. The minimum Gasteiger partial charge on any atom is -0.211 e. The largest absolute Gasteiger partial charge is 0.234 e. The summed E-state index contributed by atoms with van der Waals surface area (Å²) in [6, 6.07) is 0. The summed E-state index contributed by atoms with van der Waals surface area (Å²) in [4.78, 5) is 27.6. The van der Waals surface area contributed by atoms with Crippen LogP contribution in [-0.4, -0.2) is 25.2 Å². The molecule has 20 heavy (non-hydrogen) atoms. The van der Waals surface area contributed by atoms with E-state index in [0.717, 1.165) is 30.6 Å². The van der Waals surface area contributed by atoms with Gasteiger partial charge in [0, 0.05) is 0 Å². The van der Waals surface area contributed by atoms with Crippen LogP contribution in [0.1, 0.15) is 51.9 Å². The van der Waals surface area contributed by atoms with E-state index >= 15 is 0 Å². The normalized spacial score (nSPS) is 34.5. The van der Waals surface area contributed by atoms with E-state index in [9.17, 15) is 9.59 Å². The molecule has 2 saturated carbocycles. The minimum atomic E-state index is 0.488. The van der Waals surface area contributed by atoms with Crippen molar-refractivity contribution in [2.75, 3.05) is 13.1 Å². The Labute approximate surface area is 120 Å². The maximum Gasteiger partial charge on any atom is 0.234 e. The van der Waals surface area contributed by atoms with Gasteiger partial charge in [-0.15, -0.1) is 0 Å². The Morgan fingerprint density at radius 2 is 1.85 bits per heavy atom. The fraction of sp³-hybridized carbons (Fsp3) is 0.875. The number of hydrogen-bond donors (Lipinski definition) is 0. The van der Waals surface area contributed by atoms with Crippen molar-refractivity contribution in [3.63, 3.8) is 0 Å². The van der Waals surface area contributed by atoms with Crippen molar-refractivity contribution in [3.05, 3.63) is 0 Å². The second kappa shape index (κ2) is 6.97. The second-order valence-electron chi connectivity index (χ2n) is 6.45. The van der Waals surface area contributed by atoms with Gasteiger partial charge in [-0.3, -0.25) is 0 Å². The second-order valence-corrected chi connectivity index (χ2v) is 6.45. The number of carbonyl (C=O) groups excluding carboxylic acids is 2. The van der Waals surface area contributed by atoms with Crippen LogP contribution in [0.5, 0.6) is 0 Å². The van der Waals surface area contributed by atoms with Gasteiger partial charge in [-0.2, -0.15) is 0 Å². The Kier molecular flexibility index (Phi) is 5.28. The lowest BCUT2D eigenvalue weighted by Gasteiger charge is -2.37. The Bertz CT molecular complexity index is 424. The van der Waals surface area contributed by atoms with E-state index < -0.39 is 0 Å². The van der Waals surface area contributed by atoms with Crippen LogP contribution in [0.3, 0.4) is 0 Å². The smallest absolute Gasteiger partial charge is 0.211 e. The average molecular weight is 276 g/mol. The van der Waals surface area contributed by atoms with E-state index in [0.29, 0.717) is 18.5 Å². The quantitative estimate of drug-likeness (QED) is 0.388. The molecule has 0 aromatic rings. The Morgan fingerprint density at radius 1 is 1.10 bits per heavy atom. The van der Waals surface area contributed by atoms with Gasteiger partial charge in [0.25, 0.3) is 0 Å². The SMILES string of the molecule is CCC12CC(CCCN=C=O)C(CC1CCN=C=O)C2. The highest BCUT2D eigenvalue weighted by atomic mass is 16.1. The van der Waals surface area contributed by atoms with Gasteiger partial charge in [0.15, 0.2) is 0 Å². The van der Waals surface area contributed by atoms with Gasteiger partial charge in [-0.25, -0.2) is 19.6 Å². The summed E-state index contributed by atoms with van der Waals surface area (Å²) in [7, 11) is 0. The summed E-state index contributed by atoms with van der Waals surface area (Å²) in [5.41, 5.74) is 0.488. The highest BCUT2D eigenvalue weighted by Crippen LogP contribution is 2.63. The summed E-state index contributed by atoms with van der Waals surface area (Å²) in [6.45, 7) is 3.57. The van der Waals surface area contributed by atoms with Crippen LogP contribution in [0.25, 0.3) is 0 Å². The van der Waals surface area contributed by atoms with Crippen molar-refractivity contribution in [1.29, 1.82) is 0 Å². The molecule has 0 aromatic heterocycles. The molecule has 2 aliphatic rings. The molecule has 0 spiro atoms. The highest BCUT2D eigenvalue weighted by Gasteiger charge is 2.54. The molecular formula is C16H24N2O2. The first kappa shape index (κ1) is 15.2. The molecule has 4 heteroatoms. The first-order valence-corrected chi connectivity index (χ1v) is 7.83. The van der Waals surface area contributed by atoms with Crippen molar-refractivity contribution in [1.82, 2.24) is 0 Å². The van der Waals surface area contributed by atoms with Crippen molar-refractivity contribution in [2.24, 2.45) is 33.2 Å². The zero-order valence-electron chi connectivity index (χ0n) is 12.3. The van der Waals surface area contributed by atoms with Crippen molar-refractivity contribution in [2.45, 2.75) is 51.9 Å². The molecule has 2 bridgehead atoms. The van der Waals surface area contributed by atoms with Crippen LogP contribution in [0.2, 0.25) is 0 Å². The third kappa shape index (κ3) is 3.08. The van der Waals surface area contributed by atoms with Crippen LogP contribution in [0.4, 0.5) is 0 Å². The summed E-state index contributed by atoms with van der Waals surface area (Å²) >= 11 is 0. The first-order valence-electron chi connectivity index (χ1n) is 7.83. The molecule has 4 atom stereocenters.